The van der Waals surface area contributed by atoms with Crippen LogP contribution in [0, 0.1) is 6.92 Å². The standard InChI is InChI=1S/C20H21N3O4/c1-14-21-9-8-19(22-14)27-16-3-2-10-23(12-16)20(24)7-5-15-4-6-17-18(11-15)26-13-25-17/h4-9,11,16H,2-3,10,12-13H2,1H3/b7-5+. The predicted molar refractivity (Wildman–Crippen MR) is 98.6 cm³/mol. The van der Waals surface area contributed by atoms with Crippen LogP contribution >= 0.6 is 0 Å². The van der Waals surface area contributed by atoms with Crippen molar-refractivity contribution >= 4 is 12.0 Å². The molecular formula is C20H21N3O4. The average Bonchev–Trinajstić information content (AvgIpc) is 3.14. The first-order chi connectivity index (χ1) is 13.2. The van der Waals surface area contributed by atoms with E-state index in [4.69, 9.17) is 14.2 Å². The third-order valence-electron chi connectivity index (χ3n) is 4.54. The fourth-order valence-electron chi connectivity index (χ4n) is 3.20. The molecule has 0 radical (unpaired) electrons. The Labute approximate surface area is 157 Å². The van der Waals surface area contributed by atoms with Gasteiger partial charge in [0.25, 0.3) is 0 Å². The highest BCUT2D eigenvalue weighted by molar-refractivity contribution is 5.92. The summed E-state index contributed by atoms with van der Waals surface area (Å²) < 4.78 is 16.6. The lowest BCUT2D eigenvalue weighted by Crippen LogP contribution is -2.43. The Hall–Kier alpha value is -3.09. The van der Waals surface area contributed by atoms with Gasteiger partial charge < -0.3 is 19.1 Å². The van der Waals surface area contributed by atoms with Crippen LogP contribution in [0.25, 0.3) is 6.08 Å². The number of fused-ring (bicyclic) bond motifs is 1. The maximum Gasteiger partial charge on any atom is 0.246 e. The SMILES string of the molecule is Cc1nccc(OC2CCCN(C(=O)/C=C/c3ccc4c(c3)OCO4)C2)n1. The predicted octanol–water partition coefficient (Wildman–Crippen LogP) is 2.60. The van der Waals surface area contributed by atoms with Crippen molar-refractivity contribution in [1.82, 2.24) is 14.9 Å². The van der Waals surface area contributed by atoms with Crippen molar-refractivity contribution in [2.24, 2.45) is 0 Å². The number of rotatable bonds is 4. The Morgan fingerprint density at radius 3 is 3.07 bits per heavy atom. The lowest BCUT2D eigenvalue weighted by Gasteiger charge is -2.32. The molecule has 2 aromatic rings. The number of likely N-dealkylation sites (tertiary alicyclic amines) is 1. The highest BCUT2D eigenvalue weighted by Gasteiger charge is 2.24. The van der Waals surface area contributed by atoms with Crippen LogP contribution in [-0.2, 0) is 4.79 Å². The van der Waals surface area contributed by atoms with Gasteiger partial charge in [-0.1, -0.05) is 6.07 Å². The number of hydrogen-bond acceptors (Lipinski definition) is 6. The van der Waals surface area contributed by atoms with E-state index in [0.717, 1.165) is 30.7 Å². The molecule has 2 aliphatic heterocycles. The van der Waals surface area contributed by atoms with Crippen LogP contribution in [0.4, 0.5) is 0 Å². The Bertz CT molecular complexity index is 868. The quantitative estimate of drug-likeness (QED) is 0.774. The van der Waals surface area contributed by atoms with Gasteiger partial charge in [-0.25, -0.2) is 4.98 Å². The zero-order chi connectivity index (χ0) is 18.6. The zero-order valence-electron chi connectivity index (χ0n) is 15.1. The molecule has 27 heavy (non-hydrogen) atoms. The number of ether oxygens (including phenoxy) is 3. The number of hydrogen-bond donors (Lipinski definition) is 0. The van der Waals surface area contributed by atoms with Gasteiger partial charge in [0, 0.05) is 24.9 Å². The first-order valence-corrected chi connectivity index (χ1v) is 9.00. The van der Waals surface area contributed by atoms with Crippen molar-refractivity contribution < 1.29 is 19.0 Å². The normalized spacial score (nSPS) is 18.7. The van der Waals surface area contributed by atoms with Crippen LogP contribution < -0.4 is 14.2 Å². The van der Waals surface area contributed by atoms with Gasteiger partial charge in [0.1, 0.15) is 11.9 Å². The molecule has 1 atom stereocenters. The van der Waals surface area contributed by atoms with Crippen molar-refractivity contribution in [3.8, 4) is 17.4 Å². The molecule has 1 aromatic carbocycles. The Balaban J connectivity index is 1.37. The van der Waals surface area contributed by atoms with Crippen molar-refractivity contribution in [2.45, 2.75) is 25.9 Å². The summed E-state index contributed by atoms with van der Waals surface area (Å²) in [6.07, 6.45) is 6.81. The second kappa shape index (κ2) is 7.65. The lowest BCUT2D eigenvalue weighted by molar-refractivity contribution is -0.128. The van der Waals surface area contributed by atoms with Gasteiger partial charge in [0.05, 0.1) is 6.54 Å². The van der Waals surface area contributed by atoms with Gasteiger partial charge in [0.15, 0.2) is 11.5 Å². The van der Waals surface area contributed by atoms with Gasteiger partial charge in [0.2, 0.25) is 18.6 Å². The van der Waals surface area contributed by atoms with E-state index in [2.05, 4.69) is 9.97 Å². The fourth-order valence-corrected chi connectivity index (χ4v) is 3.20. The number of piperidine rings is 1. The van der Waals surface area contributed by atoms with Crippen LogP contribution in [-0.4, -0.2) is 46.8 Å². The summed E-state index contributed by atoms with van der Waals surface area (Å²) in [5, 5.41) is 0. The molecule has 2 aliphatic rings. The van der Waals surface area contributed by atoms with E-state index in [1.165, 1.54) is 0 Å². The Kier molecular flexibility index (Phi) is 4.91. The number of nitrogens with zero attached hydrogens (tertiary/aromatic N) is 3. The second-order valence-corrected chi connectivity index (χ2v) is 6.55. The van der Waals surface area contributed by atoms with Crippen LogP contribution in [0.15, 0.2) is 36.5 Å². The minimum absolute atomic E-state index is 0.0279. The molecule has 0 bridgehead atoms. The summed E-state index contributed by atoms with van der Waals surface area (Å²) in [6.45, 7) is 3.34. The van der Waals surface area contributed by atoms with E-state index in [1.807, 2.05) is 30.0 Å². The van der Waals surface area contributed by atoms with E-state index < -0.39 is 0 Å². The molecule has 1 aromatic heterocycles. The van der Waals surface area contributed by atoms with Crippen molar-refractivity contribution in [3.63, 3.8) is 0 Å². The van der Waals surface area contributed by atoms with E-state index in [1.54, 1.807) is 24.4 Å². The smallest absolute Gasteiger partial charge is 0.246 e. The van der Waals surface area contributed by atoms with Crippen molar-refractivity contribution in [1.29, 1.82) is 0 Å². The van der Waals surface area contributed by atoms with E-state index >= 15 is 0 Å². The summed E-state index contributed by atoms with van der Waals surface area (Å²) in [5.74, 6) is 2.63. The van der Waals surface area contributed by atoms with Crippen LogP contribution in [0.3, 0.4) is 0 Å². The molecule has 7 nitrogen and oxygen atoms in total. The molecule has 4 rings (SSSR count). The van der Waals surface area contributed by atoms with E-state index in [0.29, 0.717) is 24.0 Å². The van der Waals surface area contributed by atoms with Crippen LogP contribution in [0.2, 0.25) is 0 Å². The molecule has 0 spiro atoms. The fraction of sp³-hybridized carbons (Fsp3) is 0.350. The summed E-state index contributed by atoms with van der Waals surface area (Å²) in [5.41, 5.74) is 0.897. The molecule has 1 unspecified atom stereocenters. The van der Waals surface area contributed by atoms with Crippen molar-refractivity contribution in [3.05, 3.63) is 47.9 Å². The number of aryl methyl sites for hydroxylation is 1. The van der Waals surface area contributed by atoms with Gasteiger partial charge in [-0.05, 0) is 43.5 Å². The minimum Gasteiger partial charge on any atom is -0.472 e. The molecular weight excluding hydrogens is 346 g/mol. The first-order valence-electron chi connectivity index (χ1n) is 9.00. The summed E-state index contributed by atoms with van der Waals surface area (Å²) >= 11 is 0. The van der Waals surface area contributed by atoms with E-state index in [9.17, 15) is 4.79 Å². The maximum absolute atomic E-state index is 12.6. The topological polar surface area (TPSA) is 73.8 Å². The number of carbonyl (C=O) groups excluding carboxylic acids is 1. The van der Waals surface area contributed by atoms with Gasteiger partial charge in [-0.15, -0.1) is 0 Å². The van der Waals surface area contributed by atoms with Crippen LogP contribution in [0.1, 0.15) is 24.2 Å². The van der Waals surface area contributed by atoms with Crippen LogP contribution in [0.5, 0.6) is 17.4 Å². The van der Waals surface area contributed by atoms with E-state index in [-0.39, 0.29) is 18.8 Å². The average molecular weight is 367 g/mol. The third kappa shape index (κ3) is 4.19. The number of benzene rings is 1. The van der Waals surface area contributed by atoms with Crippen molar-refractivity contribution in [2.75, 3.05) is 19.9 Å². The molecule has 3 heterocycles. The highest BCUT2D eigenvalue weighted by Crippen LogP contribution is 2.32. The number of amides is 1. The molecule has 140 valence electrons. The monoisotopic (exact) mass is 367 g/mol. The molecule has 0 N–H and O–H groups in total. The maximum atomic E-state index is 12.6. The molecule has 1 saturated heterocycles. The largest absolute Gasteiger partial charge is 0.472 e. The minimum atomic E-state index is -0.0593. The molecule has 0 aliphatic carbocycles. The summed E-state index contributed by atoms with van der Waals surface area (Å²) in [6, 6.07) is 7.36. The van der Waals surface area contributed by atoms with Gasteiger partial charge >= 0.3 is 0 Å². The summed E-state index contributed by atoms with van der Waals surface area (Å²) in [4.78, 5) is 22.7. The van der Waals surface area contributed by atoms with Gasteiger partial charge in [-0.3, -0.25) is 4.79 Å². The highest BCUT2D eigenvalue weighted by atomic mass is 16.7. The number of aromatic nitrogens is 2. The Morgan fingerprint density at radius 2 is 2.19 bits per heavy atom. The molecule has 1 amide bonds. The second-order valence-electron chi connectivity index (χ2n) is 6.55. The third-order valence-corrected chi connectivity index (χ3v) is 4.54. The lowest BCUT2D eigenvalue weighted by atomic mass is 10.1. The van der Waals surface area contributed by atoms with Gasteiger partial charge in [-0.2, -0.15) is 4.98 Å². The first kappa shape index (κ1) is 17.3. The molecule has 7 heteroatoms. The zero-order valence-corrected chi connectivity index (χ0v) is 15.1. The Morgan fingerprint density at radius 1 is 1.30 bits per heavy atom. The number of carbonyl (C=O) groups is 1. The summed E-state index contributed by atoms with van der Waals surface area (Å²) in [7, 11) is 0. The molecule has 1 fully saturated rings. The molecule has 0 saturated carbocycles.